The number of benzene rings is 3. The second-order valence-electron chi connectivity index (χ2n) is 9.26. The van der Waals surface area contributed by atoms with E-state index in [1.165, 1.54) is 11.6 Å². The average Bonchev–Trinajstić information content (AvgIpc) is 2.96. The smallest absolute Gasteiger partial charge is 0.258 e. The van der Waals surface area contributed by atoms with Crippen molar-refractivity contribution in [2.75, 3.05) is 33.9 Å². The molecule has 1 N–H and O–H groups in total. The van der Waals surface area contributed by atoms with Crippen LogP contribution in [0, 0.1) is 0 Å². The van der Waals surface area contributed by atoms with Crippen molar-refractivity contribution in [2.45, 2.75) is 25.4 Å². The van der Waals surface area contributed by atoms with Crippen LogP contribution in [0.1, 0.15) is 34.3 Å². The summed E-state index contributed by atoms with van der Waals surface area (Å²) in [6, 6.07) is 22.8. The molecular formula is C31H34N2O5. The number of methoxy groups -OCH3 is 2. The fourth-order valence-corrected chi connectivity index (χ4v) is 4.40. The minimum absolute atomic E-state index is 0.0604. The second kappa shape index (κ2) is 13.4. The summed E-state index contributed by atoms with van der Waals surface area (Å²) in [6.07, 6.45) is 5.06. The molecule has 0 aromatic heterocycles. The molecule has 7 nitrogen and oxygen atoms in total. The molecule has 1 saturated heterocycles. The fraction of sp³-hybridized carbons (Fsp3) is 0.290. The molecule has 4 rings (SSSR count). The molecule has 1 heterocycles. The van der Waals surface area contributed by atoms with E-state index in [2.05, 4.69) is 34.5 Å². The van der Waals surface area contributed by atoms with Crippen molar-refractivity contribution in [1.29, 1.82) is 0 Å². The third-order valence-electron chi connectivity index (χ3n) is 6.51. The fourth-order valence-electron chi connectivity index (χ4n) is 4.40. The molecule has 0 bridgehead atoms. The van der Waals surface area contributed by atoms with E-state index in [1.54, 1.807) is 50.6 Å². The molecule has 0 unspecified atom stereocenters. The number of hydrogen-bond donors (Lipinski definition) is 1. The van der Waals surface area contributed by atoms with Crippen molar-refractivity contribution in [3.8, 4) is 17.2 Å². The maximum Gasteiger partial charge on any atom is 0.258 e. The van der Waals surface area contributed by atoms with Gasteiger partial charge in [0.25, 0.3) is 5.91 Å². The molecule has 0 saturated carbocycles. The Morgan fingerprint density at radius 3 is 2.18 bits per heavy atom. The summed E-state index contributed by atoms with van der Waals surface area (Å²) in [4.78, 5) is 27.4. The highest BCUT2D eigenvalue weighted by Gasteiger charge is 2.21. The minimum Gasteiger partial charge on any atom is -0.497 e. The topological polar surface area (TPSA) is 77.1 Å². The normalized spacial score (nSPS) is 14.3. The molecule has 198 valence electrons. The summed E-state index contributed by atoms with van der Waals surface area (Å²) in [6.45, 7) is 2.79. The zero-order chi connectivity index (χ0) is 26.7. The third-order valence-corrected chi connectivity index (χ3v) is 6.51. The number of piperidine rings is 1. The van der Waals surface area contributed by atoms with E-state index in [-0.39, 0.29) is 24.3 Å². The molecule has 38 heavy (non-hydrogen) atoms. The number of nitrogens with zero attached hydrogens (tertiary/aromatic N) is 1. The zero-order valence-electron chi connectivity index (χ0n) is 21.9. The first-order valence-electron chi connectivity index (χ1n) is 12.8. The van der Waals surface area contributed by atoms with Gasteiger partial charge in [-0.15, -0.1) is 0 Å². The summed E-state index contributed by atoms with van der Waals surface area (Å²) in [5.41, 5.74) is 2.63. The van der Waals surface area contributed by atoms with E-state index in [0.717, 1.165) is 38.0 Å². The lowest BCUT2D eigenvalue weighted by Crippen LogP contribution is -2.45. The van der Waals surface area contributed by atoms with Gasteiger partial charge in [0.15, 0.2) is 12.4 Å². The lowest BCUT2D eigenvalue weighted by Gasteiger charge is -2.32. The third kappa shape index (κ3) is 7.95. The van der Waals surface area contributed by atoms with Crippen molar-refractivity contribution in [3.63, 3.8) is 0 Å². The molecule has 3 aromatic rings. The Bertz CT molecular complexity index is 1210. The number of ketones is 1. The van der Waals surface area contributed by atoms with E-state index < -0.39 is 0 Å². The quantitative estimate of drug-likeness (QED) is 0.294. The van der Waals surface area contributed by atoms with Gasteiger partial charge in [0.05, 0.1) is 14.2 Å². The first-order chi connectivity index (χ1) is 18.5. The van der Waals surface area contributed by atoms with Crippen LogP contribution in [-0.4, -0.2) is 56.5 Å². The van der Waals surface area contributed by atoms with Crippen LogP contribution in [0.15, 0.2) is 78.9 Å². The highest BCUT2D eigenvalue weighted by Crippen LogP contribution is 2.23. The van der Waals surface area contributed by atoms with Gasteiger partial charge in [-0.25, -0.2) is 0 Å². The number of carbonyl (C=O) groups is 2. The van der Waals surface area contributed by atoms with Gasteiger partial charge in [0.2, 0.25) is 0 Å². The Kier molecular flexibility index (Phi) is 9.54. The molecule has 1 fully saturated rings. The van der Waals surface area contributed by atoms with Crippen LogP contribution in [0.3, 0.4) is 0 Å². The summed E-state index contributed by atoms with van der Waals surface area (Å²) >= 11 is 0. The first-order valence-corrected chi connectivity index (χ1v) is 12.8. The van der Waals surface area contributed by atoms with Crippen LogP contribution in [-0.2, 0) is 11.3 Å². The molecule has 7 heteroatoms. The minimum atomic E-state index is -0.144. The maximum atomic E-state index is 12.6. The Labute approximate surface area is 224 Å². The number of likely N-dealkylation sites (tertiary alicyclic amines) is 1. The van der Waals surface area contributed by atoms with Gasteiger partial charge in [-0.05, 0) is 66.4 Å². The number of allylic oxidation sites excluding steroid dienone is 1. The van der Waals surface area contributed by atoms with E-state index in [9.17, 15) is 9.59 Å². The van der Waals surface area contributed by atoms with Gasteiger partial charge < -0.3 is 19.5 Å². The van der Waals surface area contributed by atoms with Gasteiger partial charge >= 0.3 is 0 Å². The first kappa shape index (κ1) is 26.9. The molecule has 3 aromatic carbocycles. The van der Waals surface area contributed by atoms with Gasteiger partial charge in [0.1, 0.15) is 17.2 Å². The molecule has 0 aliphatic carbocycles. The Morgan fingerprint density at radius 2 is 1.55 bits per heavy atom. The van der Waals surface area contributed by atoms with Crippen molar-refractivity contribution in [2.24, 2.45) is 0 Å². The van der Waals surface area contributed by atoms with Gasteiger partial charge in [0, 0.05) is 37.3 Å². The van der Waals surface area contributed by atoms with Crippen molar-refractivity contribution >= 4 is 17.8 Å². The average molecular weight is 515 g/mol. The highest BCUT2D eigenvalue weighted by molar-refractivity contribution is 6.06. The van der Waals surface area contributed by atoms with E-state index >= 15 is 0 Å². The SMILES string of the molecule is COc1cc(C=CC(=O)c2ccc(OCC(=O)NC3CCN(Cc4ccccc4)CC3)cc2)cc(OC)c1. The van der Waals surface area contributed by atoms with Crippen LogP contribution < -0.4 is 19.5 Å². The second-order valence-corrected chi connectivity index (χ2v) is 9.26. The van der Waals surface area contributed by atoms with Crippen molar-refractivity contribution in [1.82, 2.24) is 10.2 Å². The summed E-state index contributed by atoms with van der Waals surface area (Å²) in [5, 5.41) is 3.08. The number of carbonyl (C=O) groups excluding carboxylic acids is 2. The number of nitrogens with one attached hydrogen (secondary N) is 1. The molecule has 1 amide bonds. The monoisotopic (exact) mass is 514 g/mol. The highest BCUT2D eigenvalue weighted by atomic mass is 16.5. The summed E-state index contributed by atoms with van der Waals surface area (Å²) < 4.78 is 16.2. The van der Waals surface area contributed by atoms with E-state index in [0.29, 0.717) is 22.8 Å². The Hall–Kier alpha value is -4.10. The van der Waals surface area contributed by atoms with Crippen LogP contribution in [0.5, 0.6) is 17.2 Å². The zero-order valence-corrected chi connectivity index (χ0v) is 21.9. The molecule has 0 radical (unpaired) electrons. The van der Waals surface area contributed by atoms with Gasteiger partial charge in [-0.3, -0.25) is 14.5 Å². The molecule has 0 spiro atoms. The lowest BCUT2D eigenvalue weighted by atomic mass is 10.0. The van der Waals surface area contributed by atoms with Gasteiger partial charge in [-0.1, -0.05) is 36.4 Å². The van der Waals surface area contributed by atoms with Crippen LogP contribution >= 0.6 is 0 Å². The standard InChI is InChI=1S/C31H34N2O5/c1-36-28-18-24(19-29(20-28)37-2)8-13-30(34)25-9-11-27(12-10-25)38-22-31(35)32-26-14-16-33(17-15-26)21-23-6-4-3-5-7-23/h3-13,18-20,26H,14-17,21-22H2,1-2H3,(H,32,35). The van der Waals surface area contributed by atoms with Crippen molar-refractivity contribution in [3.05, 3.63) is 95.6 Å². The maximum absolute atomic E-state index is 12.6. The van der Waals surface area contributed by atoms with Crippen LogP contribution in [0.2, 0.25) is 0 Å². The number of ether oxygens (including phenoxy) is 3. The predicted molar refractivity (Wildman–Crippen MR) is 148 cm³/mol. The molecule has 0 atom stereocenters. The molecule has 1 aliphatic heterocycles. The summed E-state index contributed by atoms with van der Waals surface area (Å²) in [5.74, 6) is 1.56. The number of hydrogen-bond acceptors (Lipinski definition) is 6. The van der Waals surface area contributed by atoms with Crippen molar-refractivity contribution < 1.29 is 23.8 Å². The van der Waals surface area contributed by atoms with Gasteiger partial charge in [-0.2, -0.15) is 0 Å². The van der Waals surface area contributed by atoms with Crippen LogP contribution in [0.25, 0.3) is 6.08 Å². The lowest BCUT2D eigenvalue weighted by molar-refractivity contribution is -0.124. The molecule has 1 aliphatic rings. The number of amides is 1. The van der Waals surface area contributed by atoms with E-state index in [4.69, 9.17) is 14.2 Å². The summed E-state index contributed by atoms with van der Waals surface area (Å²) in [7, 11) is 3.16. The molecular weight excluding hydrogens is 480 g/mol. The van der Waals surface area contributed by atoms with E-state index in [1.807, 2.05) is 18.2 Å². The predicted octanol–water partition coefficient (Wildman–Crippen LogP) is 4.76. The Balaban J connectivity index is 1.20. The largest absolute Gasteiger partial charge is 0.497 e. The van der Waals surface area contributed by atoms with Crippen LogP contribution in [0.4, 0.5) is 0 Å². The number of rotatable bonds is 11. The Morgan fingerprint density at radius 1 is 0.895 bits per heavy atom.